The van der Waals surface area contributed by atoms with Crippen LogP contribution in [0.2, 0.25) is 0 Å². The van der Waals surface area contributed by atoms with Crippen molar-refractivity contribution in [2.24, 2.45) is 0 Å². The van der Waals surface area contributed by atoms with Crippen LogP contribution in [0.4, 0.5) is 4.39 Å². The summed E-state index contributed by atoms with van der Waals surface area (Å²) in [6, 6.07) is 4.65. The first-order chi connectivity index (χ1) is 9.56. The zero-order valence-electron chi connectivity index (χ0n) is 11.1. The minimum atomic E-state index is -0.399. The summed E-state index contributed by atoms with van der Waals surface area (Å²) in [6.45, 7) is 3.87. The smallest absolute Gasteiger partial charge is 0.240 e. The van der Waals surface area contributed by atoms with Crippen LogP contribution in [-0.2, 0) is 4.79 Å². The number of alkyl halides is 1. The van der Waals surface area contributed by atoms with Gasteiger partial charge in [-0.25, -0.2) is 4.39 Å². The third-order valence-corrected chi connectivity index (χ3v) is 4.11. The molecule has 0 radical (unpaired) electrons. The van der Waals surface area contributed by atoms with Gasteiger partial charge in [-0.05, 0) is 18.6 Å². The molecule has 0 saturated carbocycles. The van der Waals surface area contributed by atoms with Crippen LogP contribution in [-0.4, -0.2) is 28.4 Å². The molecule has 0 fully saturated rings. The fraction of sp³-hybridized carbons (Fsp3) is 0.267. The van der Waals surface area contributed by atoms with Crippen LogP contribution in [0.25, 0.3) is 5.70 Å². The second kappa shape index (κ2) is 6.39. The van der Waals surface area contributed by atoms with Crippen molar-refractivity contribution in [1.82, 2.24) is 4.90 Å². The lowest BCUT2D eigenvalue weighted by Crippen LogP contribution is -2.35. The summed E-state index contributed by atoms with van der Waals surface area (Å²) in [6.07, 6.45) is 4.06. The fourth-order valence-corrected chi connectivity index (χ4v) is 2.75. The Morgan fingerprint density at radius 2 is 2.35 bits per heavy atom. The van der Waals surface area contributed by atoms with Crippen LogP contribution in [0.5, 0.6) is 5.75 Å². The summed E-state index contributed by atoms with van der Waals surface area (Å²) in [7, 11) is 1.66. The van der Waals surface area contributed by atoms with E-state index in [4.69, 9.17) is 4.74 Å². The third kappa shape index (κ3) is 2.87. The largest absolute Gasteiger partial charge is 0.489 e. The third-order valence-electron chi connectivity index (χ3n) is 3.07. The van der Waals surface area contributed by atoms with E-state index in [9.17, 15) is 9.18 Å². The molecule has 1 amide bonds. The number of carbonyl (C=O) groups excluding carboxylic acids is 1. The quantitative estimate of drug-likeness (QED) is 0.450. The maximum Gasteiger partial charge on any atom is 0.240 e. The number of hydrogen-bond donors (Lipinski definition) is 0. The van der Waals surface area contributed by atoms with Gasteiger partial charge in [0, 0.05) is 7.05 Å². The highest BCUT2D eigenvalue weighted by Crippen LogP contribution is 2.34. The molecule has 1 aromatic rings. The van der Waals surface area contributed by atoms with Gasteiger partial charge in [-0.2, -0.15) is 0 Å². The van der Waals surface area contributed by atoms with E-state index in [1.807, 2.05) is 6.08 Å². The van der Waals surface area contributed by atoms with E-state index in [2.05, 4.69) is 29.2 Å². The highest BCUT2D eigenvalue weighted by Gasteiger charge is 2.29. The number of ether oxygens (including phenoxy) is 1. The summed E-state index contributed by atoms with van der Waals surface area (Å²) < 4.78 is 19.6. The zero-order valence-corrected chi connectivity index (χ0v) is 13.3. The molecule has 5 heteroatoms. The number of hydrogen-bond acceptors (Lipinski definition) is 2. The number of nitrogens with zero attached hydrogens (tertiary/aromatic N) is 1. The lowest BCUT2D eigenvalue weighted by atomic mass is 10.0. The Balaban J connectivity index is 2.46. The summed E-state index contributed by atoms with van der Waals surface area (Å²) >= 11 is 2.09. The van der Waals surface area contributed by atoms with Crippen LogP contribution < -0.4 is 4.74 Å². The van der Waals surface area contributed by atoms with Gasteiger partial charge < -0.3 is 9.64 Å². The molecule has 0 N–H and O–H groups in total. The molecule has 1 atom stereocenters. The van der Waals surface area contributed by atoms with E-state index in [0.29, 0.717) is 23.4 Å². The van der Waals surface area contributed by atoms with Crippen molar-refractivity contribution in [3.8, 4) is 5.75 Å². The number of halogens is 2. The summed E-state index contributed by atoms with van der Waals surface area (Å²) in [5.74, 6) is -0.00639. The Labute approximate surface area is 131 Å². The van der Waals surface area contributed by atoms with E-state index in [1.54, 1.807) is 25.3 Å². The number of carbonyl (C=O) groups is 1. The van der Waals surface area contributed by atoms with Gasteiger partial charge >= 0.3 is 0 Å². The molecule has 0 aliphatic carbocycles. The van der Waals surface area contributed by atoms with Crippen LogP contribution >= 0.6 is 22.6 Å². The van der Waals surface area contributed by atoms with Crippen molar-refractivity contribution in [3.63, 3.8) is 0 Å². The first kappa shape index (κ1) is 15.0. The molecule has 106 valence electrons. The molecule has 3 nitrogen and oxygen atoms in total. The molecule has 1 heterocycles. The van der Waals surface area contributed by atoms with Gasteiger partial charge in [0.25, 0.3) is 0 Å². The Morgan fingerprint density at radius 1 is 1.60 bits per heavy atom. The molecule has 2 rings (SSSR count). The van der Waals surface area contributed by atoms with Crippen LogP contribution in [0, 0.1) is 5.82 Å². The highest BCUT2D eigenvalue weighted by molar-refractivity contribution is 14.1. The van der Waals surface area contributed by atoms with Crippen molar-refractivity contribution in [3.05, 3.63) is 48.3 Å². The molecule has 0 saturated heterocycles. The van der Waals surface area contributed by atoms with Crippen LogP contribution in [0.3, 0.4) is 0 Å². The molecule has 1 aromatic carbocycles. The number of benzene rings is 1. The molecular weight excluding hydrogens is 372 g/mol. The Hall–Kier alpha value is -1.37. The van der Waals surface area contributed by atoms with E-state index >= 15 is 0 Å². The average molecular weight is 387 g/mol. The van der Waals surface area contributed by atoms with Crippen molar-refractivity contribution in [1.29, 1.82) is 0 Å². The van der Waals surface area contributed by atoms with Gasteiger partial charge in [0.1, 0.15) is 18.2 Å². The van der Waals surface area contributed by atoms with E-state index < -0.39 is 5.82 Å². The molecule has 20 heavy (non-hydrogen) atoms. The lowest BCUT2D eigenvalue weighted by molar-refractivity contribution is -0.126. The van der Waals surface area contributed by atoms with E-state index in [0.717, 1.165) is 0 Å². The standard InChI is InChI=1S/C15H15FINO2/c1-3-9-20-13-6-4-5-10(16)14(13)12-8-7-11(17)15(19)18(12)2/h3-6,8,11H,1,7,9H2,2H3. The molecule has 1 unspecified atom stereocenters. The van der Waals surface area contributed by atoms with Crippen LogP contribution in [0.1, 0.15) is 12.0 Å². The summed E-state index contributed by atoms with van der Waals surface area (Å²) in [5, 5.41) is 0. The monoisotopic (exact) mass is 387 g/mol. The van der Waals surface area contributed by atoms with Gasteiger partial charge in [0.2, 0.25) is 5.91 Å². The Morgan fingerprint density at radius 3 is 3.05 bits per heavy atom. The second-order valence-corrected chi connectivity index (χ2v) is 5.91. The maximum atomic E-state index is 14.2. The Kier molecular flexibility index (Phi) is 4.80. The first-order valence-corrected chi connectivity index (χ1v) is 7.45. The number of amides is 1. The fourth-order valence-electron chi connectivity index (χ4n) is 2.07. The van der Waals surface area contributed by atoms with Gasteiger partial charge in [0.15, 0.2) is 0 Å². The summed E-state index contributed by atoms with van der Waals surface area (Å²) in [5.41, 5.74) is 0.883. The maximum absolute atomic E-state index is 14.2. The van der Waals surface area contributed by atoms with Gasteiger partial charge in [0.05, 0.1) is 15.2 Å². The number of rotatable bonds is 4. The van der Waals surface area contributed by atoms with Crippen molar-refractivity contribution < 1.29 is 13.9 Å². The van der Waals surface area contributed by atoms with Crippen molar-refractivity contribution in [2.45, 2.75) is 10.3 Å². The van der Waals surface area contributed by atoms with E-state index in [1.165, 1.54) is 11.0 Å². The highest BCUT2D eigenvalue weighted by atomic mass is 127. The molecule has 0 bridgehead atoms. The molecule has 1 aliphatic rings. The van der Waals surface area contributed by atoms with Crippen LogP contribution in [0.15, 0.2) is 36.9 Å². The Bertz CT molecular complexity index is 571. The number of allylic oxidation sites excluding steroid dienone is 1. The molecule has 1 aliphatic heterocycles. The van der Waals surface area contributed by atoms with E-state index in [-0.39, 0.29) is 16.4 Å². The normalized spacial score (nSPS) is 18.8. The second-order valence-electron chi connectivity index (χ2n) is 4.40. The van der Waals surface area contributed by atoms with Gasteiger partial charge in [-0.1, -0.05) is 47.4 Å². The predicted molar refractivity (Wildman–Crippen MR) is 85.3 cm³/mol. The summed E-state index contributed by atoms with van der Waals surface area (Å²) in [4.78, 5) is 13.5. The average Bonchev–Trinajstić information content (AvgIpc) is 2.44. The minimum Gasteiger partial charge on any atom is -0.489 e. The molecule has 0 spiro atoms. The molecular formula is C15H15FINO2. The topological polar surface area (TPSA) is 29.5 Å². The van der Waals surface area contributed by atoms with Crippen molar-refractivity contribution >= 4 is 34.2 Å². The molecule has 0 aromatic heterocycles. The minimum absolute atomic E-state index is 0.0268. The van der Waals surface area contributed by atoms with Crippen molar-refractivity contribution in [2.75, 3.05) is 13.7 Å². The predicted octanol–water partition coefficient (Wildman–Crippen LogP) is 3.40. The zero-order chi connectivity index (χ0) is 14.7. The van der Waals surface area contributed by atoms with Gasteiger partial charge in [-0.3, -0.25) is 4.79 Å². The first-order valence-electron chi connectivity index (χ1n) is 6.20. The SMILES string of the molecule is C=CCOc1cccc(F)c1C1=CCC(I)C(=O)N1C. The van der Waals surface area contributed by atoms with Gasteiger partial charge in [-0.15, -0.1) is 0 Å². The lowest BCUT2D eigenvalue weighted by Gasteiger charge is -2.28.